The van der Waals surface area contributed by atoms with Gasteiger partial charge in [-0.1, -0.05) is 32.6 Å². The Kier molecular flexibility index (Phi) is 8.52. The number of hydrogen-bond donors (Lipinski definition) is 0. The largest absolute Gasteiger partial charge is 0.295 e. The molecule has 0 rings (SSSR count). The summed E-state index contributed by atoms with van der Waals surface area (Å²) in [5, 5.41) is 0. The van der Waals surface area contributed by atoms with Crippen molar-refractivity contribution in [2.45, 2.75) is 65.3 Å². The lowest BCUT2D eigenvalue weighted by Crippen LogP contribution is -1.89. The van der Waals surface area contributed by atoms with Crippen molar-refractivity contribution in [3.8, 4) is 0 Å². The van der Waals surface area contributed by atoms with Gasteiger partial charge in [0.1, 0.15) is 0 Å². The summed E-state index contributed by atoms with van der Waals surface area (Å²) in [6.45, 7) is 6.49. The third-order valence-electron chi connectivity index (χ3n) is 1.84. The Morgan fingerprint density at radius 3 is 2.33 bits per heavy atom. The Morgan fingerprint density at radius 2 is 1.75 bits per heavy atom. The van der Waals surface area contributed by atoms with Crippen molar-refractivity contribution in [1.29, 1.82) is 0 Å². The molecular formula is C11H23N. The zero-order valence-corrected chi connectivity index (χ0v) is 8.84. The minimum Gasteiger partial charge on any atom is -0.295 e. The van der Waals surface area contributed by atoms with Crippen LogP contribution in [0.2, 0.25) is 0 Å². The Hall–Kier alpha value is -0.330. The van der Waals surface area contributed by atoms with Crippen LogP contribution in [0.1, 0.15) is 59.3 Å². The predicted octanol–water partition coefficient (Wildman–Crippen LogP) is 3.83. The molecule has 0 saturated carbocycles. The van der Waals surface area contributed by atoms with Crippen LogP contribution in [0.4, 0.5) is 0 Å². The molecule has 0 heterocycles. The van der Waals surface area contributed by atoms with Gasteiger partial charge < -0.3 is 0 Å². The second kappa shape index (κ2) is 8.76. The molecule has 0 aromatic heterocycles. The van der Waals surface area contributed by atoms with E-state index in [-0.39, 0.29) is 0 Å². The summed E-state index contributed by atoms with van der Waals surface area (Å²) in [7, 11) is 0. The summed E-state index contributed by atoms with van der Waals surface area (Å²) in [4.78, 5) is 4.32. The number of rotatable bonds is 7. The average Bonchev–Trinajstić information content (AvgIpc) is 2.02. The van der Waals surface area contributed by atoms with Crippen molar-refractivity contribution in [2.75, 3.05) is 0 Å². The maximum absolute atomic E-state index is 4.32. The van der Waals surface area contributed by atoms with E-state index in [0.717, 1.165) is 0 Å². The van der Waals surface area contributed by atoms with Gasteiger partial charge in [-0.2, -0.15) is 0 Å². The first-order valence-electron chi connectivity index (χ1n) is 5.29. The van der Waals surface area contributed by atoms with Crippen molar-refractivity contribution in [3.05, 3.63) is 0 Å². The number of unbranched alkanes of at least 4 members (excludes halogenated alkanes) is 5. The molecule has 0 aromatic carbocycles. The highest BCUT2D eigenvalue weighted by Crippen LogP contribution is 2.03. The highest BCUT2D eigenvalue weighted by Gasteiger charge is 1.87. The van der Waals surface area contributed by atoms with Crippen LogP contribution in [0.25, 0.3) is 0 Å². The first-order chi connectivity index (χ1) is 5.77. The topological polar surface area (TPSA) is 12.4 Å². The number of hydrogen-bond acceptors (Lipinski definition) is 1. The van der Waals surface area contributed by atoms with E-state index >= 15 is 0 Å². The van der Waals surface area contributed by atoms with E-state index < -0.39 is 0 Å². The van der Waals surface area contributed by atoms with Gasteiger partial charge >= 0.3 is 0 Å². The zero-order chi connectivity index (χ0) is 9.23. The van der Waals surface area contributed by atoms with Crippen LogP contribution in [-0.2, 0) is 0 Å². The van der Waals surface area contributed by atoms with Crippen molar-refractivity contribution in [1.82, 2.24) is 0 Å². The lowest BCUT2D eigenvalue weighted by atomic mass is 10.1. The molecular weight excluding hydrogens is 146 g/mol. The molecule has 1 heteroatoms. The third kappa shape index (κ3) is 9.67. The maximum Gasteiger partial charge on any atom is 0.0439 e. The fourth-order valence-corrected chi connectivity index (χ4v) is 1.12. The van der Waals surface area contributed by atoms with Crippen LogP contribution in [-0.4, -0.2) is 12.3 Å². The van der Waals surface area contributed by atoms with Crippen molar-refractivity contribution < 1.29 is 0 Å². The maximum atomic E-state index is 4.32. The molecule has 0 radical (unpaired) electrons. The molecule has 0 bridgehead atoms. The van der Waals surface area contributed by atoms with Crippen LogP contribution < -0.4 is 0 Å². The highest BCUT2D eigenvalue weighted by atomic mass is 14.7. The molecule has 12 heavy (non-hydrogen) atoms. The quantitative estimate of drug-likeness (QED) is 0.406. The third-order valence-corrected chi connectivity index (χ3v) is 1.84. The molecule has 0 amide bonds. The van der Waals surface area contributed by atoms with Gasteiger partial charge in [0.15, 0.2) is 0 Å². The van der Waals surface area contributed by atoms with Crippen LogP contribution in [0.15, 0.2) is 4.99 Å². The first kappa shape index (κ1) is 11.7. The molecule has 0 N–H and O–H groups in total. The Labute approximate surface area is 77.3 Å². The lowest BCUT2D eigenvalue weighted by Gasteiger charge is -1.97. The van der Waals surface area contributed by atoms with Crippen LogP contribution >= 0.6 is 0 Å². The van der Waals surface area contributed by atoms with E-state index in [1.807, 2.05) is 0 Å². The molecule has 0 saturated heterocycles. The van der Waals surface area contributed by atoms with E-state index in [1.54, 1.807) is 0 Å². The summed E-state index contributed by atoms with van der Waals surface area (Å²) in [6, 6.07) is 0.473. The number of aliphatic imine (C=N–C) groups is 1. The summed E-state index contributed by atoms with van der Waals surface area (Å²) in [5.74, 6) is 0. The van der Waals surface area contributed by atoms with Crippen molar-refractivity contribution >= 4 is 6.21 Å². The molecule has 0 aromatic rings. The van der Waals surface area contributed by atoms with Crippen molar-refractivity contribution in [3.63, 3.8) is 0 Å². The molecule has 0 atom stereocenters. The second-order valence-corrected chi connectivity index (χ2v) is 3.63. The molecule has 0 fully saturated rings. The highest BCUT2D eigenvalue weighted by molar-refractivity contribution is 5.57. The molecule has 0 spiro atoms. The first-order valence-corrected chi connectivity index (χ1v) is 5.29. The molecule has 0 aliphatic rings. The van der Waals surface area contributed by atoms with Gasteiger partial charge in [0.25, 0.3) is 0 Å². The van der Waals surface area contributed by atoms with E-state index in [1.165, 1.54) is 38.5 Å². The van der Waals surface area contributed by atoms with E-state index in [2.05, 4.69) is 32.0 Å². The van der Waals surface area contributed by atoms with Gasteiger partial charge in [0.05, 0.1) is 0 Å². The van der Waals surface area contributed by atoms with E-state index in [0.29, 0.717) is 6.04 Å². The zero-order valence-electron chi connectivity index (χ0n) is 8.84. The van der Waals surface area contributed by atoms with Gasteiger partial charge in [-0.05, 0) is 32.9 Å². The predicted molar refractivity (Wildman–Crippen MR) is 57.0 cm³/mol. The van der Waals surface area contributed by atoms with Gasteiger partial charge in [0, 0.05) is 6.04 Å². The number of nitrogens with zero attached hydrogens (tertiary/aromatic N) is 1. The SMILES string of the molecule is CCCCCCC/C=N\C(C)C. The van der Waals surface area contributed by atoms with Gasteiger partial charge in [-0.15, -0.1) is 0 Å². The summed E-state index contributed by atoms with van der Waals surface area (Å²) < 4.78 is 0. The molecule has 0 aliphatic carbocycles. The minimum atomic E-state index is 0.473. The monoisotopic (exact) mass is 169 g/mol. The summed E-state index contributed by atoms with van der Waals surface area (Å²) in [5.41, 5.74) is 0. The fourth-order valence-electron chi connectivity index (χ4n) is 1.12. The fraction of sp³-hybridized carbons (Fsp3) is 0.909. The lowest BCUT2D eigenvalue weighted by molar-refractivity contribution is 0.644. The van der Waals surface area contributed by atoms with Crippen LogP contribution in [0.3, 0.4) is 0 Å². The van der Waals surface area contributed by atoms with Gasteiger partial charge in [0.2, 0.25) is 0 Å². The summed E-state index contributed by atoms with van der Waals surface area (Å²) >= 11 is 0. The van der Waals surface area contributed by atoms with E-state index in [9.17, 15) is 0 Å². The smallest absolute Gasteiger partial charge is 0.0439 e. The minimum absolute atomic E-state index is 0.473. The van der Waals surface area contributed by atoms with Gasteiger partial charge in [-0.25, -0.2) is 0 Å². The van der Waals surface area contributed by atoms with E-state index in [4.69, 9.17) is 0 Å². The average molecular weight is 169 g/mol. The van der Waals surface area contributed by atoms with Gasteiger partial charge in [-0.3, -0.25) is 4.99 Å². The normalized spacial score (nSPS) is 11.7. The van der Waals surface area contributed by atoms with Crippen molar-refractivity contribution in [2.24, 2.45) is 4.99 Å². The molecule has 0 aliphatic heterocycles. The molecule has 0 unspecified atom stereocenters. The molecule has 1 nitrogen and oxygen atoms in total. The summed E-state index contributed by atoms with van der Waals surface area (Å²) in [6.07, 6.45) is 10.1. The second-order valence-electron chi connectivity index (χ2n) is 3.63. The Balaban J connectivity index is 3.00. The standard InChI is InChI=1S/C11H23N/c1-4-5-6-7-8-9-10-12-11(2)3/h10-11H,4-9H2,1-3H3/b12-10-. The Morgan fingerprint density at radius 1 is 1.08 bits per heavy atom. The van der Waals surface area contributed by atoms with Crippen LogP contribution in [0, 0.1) is 0 Å². The van der Waals surface area contributed by atoms with Crippen LogP contribution in [0.5, 0.6) is 0 Å². The Bertz CT molecular complexity index is 106. The molecule has 72 valence electrons.